The minimum absolute atomic E-state index is 0.193. The lowest BCUT2D eigenvalue weighted by Crippen LogP contribution is -2.48. The number of esters is 1. The first-order valence-corrected chi connectivity index (χ1v) is 15.5. The van der Waals surface area contributed by atoms with Gasteiger partial charge in [0.25, 0.3) is 0 Å². The molecule has 0 aliphatic heterocycles. The van der Waals surface area contributed by atoms with Gasteiger partial charge in [-0.15, -0.1) is 0 Å². The van der Waals surface area contributed by atoms with E-state index >= 15 is 0 Å². The summed E-state index contributed by atoms with van der Waals surface area (Å²) < 4.78 is 11.7. The molecule has 0 fully saturated rings. The Morgan fingerprint density at radius 1 is 0.941 bits per heavy atom. The van der Waals surface area contributed by atoms with Gasteiger partial charge in [-0.25, -0.2) is 0 Å². The molecular formula is C30H40O3Si. The van der Waals surface area contributed by atoms with E-state index in [1.807, 2.05) is 6.07 Å². The molecule has 3 aromatic rings. The van der Waals surface area contributed by atoms with Crippen molar-refractivity contribution < 1.29 is 13.9 Å². The monoisotopic (exact) mass is 476 g/mol. The highest BCUT2D eigenvalue weighted by atomic mass is 28.3. The van der Waals surface area contributed by atoms with Crippen molar-refractivity contribution in [2.24, 2.45) is 0 Å². The van der Waals surface area contributed by atoms with Crippen molar-refractivity contribution >= 4 is 19.4 Å². The van der Waals surface area contributed by atoms with E-state index in [0.717, 1.165) is 43.1 Å². The van der Waals surface area contributed by atoms with E-state index in [9.17, 15) is 4.79 Å². The van der Waals surface area contributed by atoms with Crippen molar-refractivity contribution in [3.63, 3.8) is 0 Å². The second-order valence-corrected chi connectivity index (χ2v) is 16.1. The molecule has 34 heavy (non-hydrogen) atoms. The Morgan fingerprint density at radius 2 is 1.59 bits per heavy atom. The fraction of sp³-hybridized carbons (Fsp3) is 0.433. The van der Waals surface area contributed by atoms with Gasteiger partial charge in [0.05, 0.1) is 11.6 Å². The molecule has 1 unspecified atom stereocenters. The van der Waals surface area contributed by atoms with Crippen LogP contribution in [0.4, 0.5) is 0 Å². The van der Waals surface area contributed by atoms with Gasteiger partial charge in [0.1, 0.15) is 14.2 Å². The molecule has 0 radical (unpaired) electrons. The second-order valence-electron chi connectivity index (χ2n) is 10.9. The smallest absolute Gasteiger partial charge is 0.303 e. The molecule has 1 heterocycles. The Morgan fingerprint density at radius 3 is 2.21 bits per heavy atom. The van der Waals surface area contributed by atoms with Gasteiger partial charge in [-0.2, -0.15) is 0 Å². The zero-order valence-electron chi connectivity index (χ0n) is 21.7. The van der Waals surface area contributed by atoms with E-state index in [0.29, 0.717) is 0 Å². The third-order valence-corrected chi connectivity index (χ3v) is 12.5. The largest absolute Gasteiger partial charge is 0.474 e. The molecule has 0 spiro atoms. The molecule has 2 aromatic carbocycles. The van der Waals surface area contributed by atoms with Gasteiger partial charge in [-0.1, -0.05) is 94.9 Å². The summed E-state index contributed by atoms with van der Waals surface area (Å²) in [5.74, 6) is -0.237. The lowest BCUT2D eigenvalue weighted by Gasteiger charge is -2.34. The summed E-state index contributed by atoms with van der Waals surface area (Å²) in [6.07, 6.45) is 6.70. The van der Waals surface area contributed by atoms with Gasteiger partial charge in [0, 0.05) is 12.5 Å². The Balaban J connectivity index is 1.52. The predicted octanol–water partition coefficient (Wildman–Crippen LogP) is 8.07. The van der Waals surface area contributed by atoms with Crippen LogP contribution in [0, 0.1) is 0 Å². The lowest BCUT2D eigenvalue weighted by molar-refractivity contribution is -0.147. The Labute approximate surface area is 206 Å². The summed E-state index contributed by atoms with van der Waals surface area (Å²) >= 11 is 0. The summed E-state index contributed by atoms with van der Waals surface area (Å²) in [5, 5.41) is 1.27. The first-order valence-electron chi connectivity index (χ1n) is 12.5. The van der Waals surface area contributed by atoms with Gasteiger partial charge < -0.3 is 9.15 Å². The zero-order chi connectivity index (χ0) is 24.8. The number of rotatable bonds is 10. The fourth-order valence-corrected chi connectivity index (χ4v) is 5.66. The molecule has 1 atom stereocenters. The normalized spacial score (nSPS) is 13.0. The van der Waals surface area contributed by atoms with E-state index in [1.165, 1.54) is 23.6 Å². The highest BCUT2D eigenvalue weighted by Gasteiger charge is 2.40. The summed E-state index contributed by atoms with van der Waals surface area (Å²) in [5.41, 5.74) is 4.86. The highest BCUT2D eigenvalue weighted by Crippen LogP contribution is 2.36. The summed E-state index contributed by atoms with van der Waals surface area (Å²) in [7, 11) is -1.76. The third-order valence-electron chi connectivity index (χ3n) is 7.28. The van der Waals surface area contributed by atoms with Crippen LogP contribution >= 0.6 is 0 Å². The highest BCUT2D eigenvalue weighted by molar-refractivity contribution is 6.91. The van der Waals surface area contributed by atoms with Gasteiger partial charge >= 0.3 is 5.97 Å². The van der Waals surface area contributed by atoms with Crippen LogP contribution in [-0.4, -0.2) is 14.0 Å². The predicted molar refractivity (Wildman–Crippen MR) is 144 cm³/mol. The molecule has 3 nitrogen and oxygen atoms in total. The molecule has 0 aliphatic carbocycles. The van der Waals surface area contributed by atoms with Gasteiger partial charge in [-0.3, -0.25) is 4.79 Å². The van der Waals surface area contributed by atoms with Gasteiger partial charge in [-0.05, 0) is 53.5 Å². The standard InChI is InChI=1S/C30H40O3Si/c1-23(31)33-28(27-21-29(32-22-27)34(5,6)30(2,3)4)16-12-7-9-13-24-17-19-26(20-18-24)25-14-10-8-11-15-25/h8,10-11,14-15,17-22,28H,7,9,12-13,16H2,1-6H3. The Kier molecular flexibility index (Phi) is 8.59. The molecule has 1 aromatic heterocycles. The summed E-state index contributed by atoms with van der Waals surface area (Å²) in [6.45, 7) is 13.0. The quantitative estimate of drug-likeness (QED) is 0.169. The maximum absolute atomic E-state index is 11.8. The van der Waals surface area contributed by atoms with Crippen LogP contribution in [0.3, 0.4) is 0 Å². The van der Waals surface area contributed by atoms with Crippen LogP contribution in [0.25, 0.3) is 11.1 Å². The van der Waals surface area contributed by atoms with Crippen LogP contribution in [0.5, 0.6) is 0 Å². The van der Waals surface area contributed by atoms with E-state index in [1.54, 1.807) is 6.26 Å². The Hall–Kier alpha value is -2.59. The van der Waals surface area contributed by atoms with Gasteiger partial charge in [0.2, 0.25) is 0 Å². The molecular weight excluding hydrogens is 436 g/mol. The molecule has 3 rings (SSSR count). The molecule has 4 heteroatoms. The first-order chi connectivity index (χ1) is 16.1. The third kappa shape index (κ3) is 6.72. The van der Waals surface area contributed by atoms with Crippen molar-refractivity contribution in [1.29, 1.82) is 0 Å². The SMILES string of the molecule is CC(=O)OC(CCCCCc1ccc(-c2ccccc2)cc1)c1coc([Si](C)(C)C(C)(C)C)c1. The van der Waals surface area contributed by atoms with Crippen molar-refractivity contribution in [1.82, 2.24) is 0 Å². The van der Waals surface area contributed by atoms with Crippen LogP contribution in [0.1, 0.15) is 70.6 Å². The van der Waals surface area contributed by atoms with E-state index in [2.05, 4.69) is 88.5 Å². The average Bonchev–Trinajstić information content (AvgIpc) is 3.29. The van der Waals surface area contributed by atoms with Crippen LogP contribution in [0.2, 0.25) is 18.1 Å². The number of carbonyl (C=O) groups excluding carboxylic acids is 1. The molecule has 0 bridgehead atoms. The maximum Gasteiger partial charge on any atom is 0.303 e. The zero-order valence-corrected chi connectivity index (χ0v) is 22.7. The summed E-state index contributed by atoms with van der Waals surface area (Å²) in [4.78, 5) is 11.8. The number of benzene rings is 2. The van der Waals surface area contributed by atoms with Crippen LogP contribution < -0.4 is 5.38 Å². The fourth-order valence-electron chi connectivity index (χ4n) is 4.04. The van der Waals surface area contributed by atoms with E-state index in [-0.39, 0.29) is 17.1 Å². The molecule has 0 N–H and O–H groups in total. The van der Waals surface area contributed by atoms with E-state index < -0.39 is 8.07 Å². The minimum Gasteiger partial charge on any atom is -0.474 e. The van der Waals surface area contributed by atoms with Crippen molar-refractivity contribution in [2.45, 2.75) is 84.0 Å². The Bertz CT molecular complexity index is 1040. The minimum atomic E-state index is -1.76. The number of furan rings is 1. The lowest BCUT2D eigenvalue weighted by atomic mass is 10.00. The molecule has 0 saturated carbocycles. The molecule has 182 valence electrons. The summed E-state index contributed by atoms with van der Waals surface area (Å²) in [6, 6.07) is 21.5. The molecule has 0 amide bonds. The van der Waals surface area contributed by atoms with Crippen molar-refractivity contribution in [3.8, 4) is 11.1 Å². The van der Waals surface area contributed by atoms with E-state index in [4.69, 9.17) is 9.15 Å². The number of aryl methyl sites for hydroxylation is 1. The van der Waals surface area contributed by atoms with Crippen molar-refractivity contribution in [3.05, 3.63) is 78.1 Å². The number of hydrogen-bond acceptors (Lipinski definition) is 3. The van der Waals surface area contributed by atoms with Crippen molar-refractivity contribution in [2.75, 3.05) is 0 Å². The van der Waals surface area contributed by atoms with Gasteiger partial charge in [0.15, 0.2) is 0 Å². The second kappa shape index (κ2) is 11.2. The first kappa shape index (κ1) is 26.0. The molecule has 0 saturated heterocycles. The number of ether oxygens (including phenoxy) is 1. The topological polar surface area (TPSA) is 39.4 Å². The van der Waals surface area contributed by atoms with Crippen LogP contribution in [-0.2, 0) is 16.0 Å². The number of unbranched alkanes of at least 4 members (excludes halogenated alkanes) is 2. The maximum atomic E-state index is 11.8. The average molecular weight is 477 g/mol. The number of carbonyl (C=O) groups is 1. The van der Waals surface area contributed by atoms with Crippen LogP contribution in [0.15, 0.2) is 71.3 Å². The molecule has 0 aliphatic rings. The number of hydrogen-bond donors (Lipinski definition) is 0.